The fraction of sp³-hybridized carbons (Fsp3) is 0.333. The summed E-state index contributed by atoms with van der Waals surface area (Å²) >= 11 is 7.79. The van der Waals surface area contributed by atoms with Gasteiger partial charge in [0.2, 0.25) is 0 Å². The van der Waals surface area contributed by atoms with Crippen LogP contribution in [0.3, 0.4) is 0 Å². The number of benzene rings is 1. The Kier molecular flexibility index (Phi) is 4.82. The molecular formula is C21H21ClN2O2S. The highest BCUT2D eigenvalue weighted by atomic mass is 35.5. The van der Waals surface area contributed by atoms with E-state index in [0.29, 0.717) is 33.8 Å². The average molecular weight is 401 g/mol. The number of nitrogens with zero attached hydrogens (tertiary/aromatic N) is 2. The van der Waals surface area contributed by atoms with Gasteiger partial charge in [-0.2, -0.15) is 0 Å². The third-order valence-corrected chi connectivity index (χ3v) is 6.31. The van der Waals surface area contributed by atoms with Gasteiger partial charge in [0.05, 0.1) is 16.3 Å². The number of halogens is 1. The number of thiophene rings is 1. The molecule has 2 aliphatic heterocycles. The Bertz CT molecular complexity index is 912. The molecule has 2 amide bonds. The molecule has 6 heteroatoms. The molecule has 0 aliphatic carbocycles. The van der Waals surface area contributed by atoms with Crippen LogP contribution in [0, 0.1) is 11.8 Å². The number of carbonyl (C=O) groups is 2. The zero-order chi connectivity index (χ0) is 19.1. The Balaban J connectivity index is 1.83. The Morgan fingerprint density at radius 2 is 1.70 bits per heavy atom. The van der Waals surface area contributed by atoms with Crippen LogP contribution in [0.2, 0.25) is 5.02 Å². The van der Waals surface area contributed by atoms with Crippen molar-refractivity contribution in [2.75, 3.05) is 18.0 Å². The number of rotatable bonds is 3. The second kappa shape index (κ2) is 7.13. The van der Waals surface area contributed by atoms with Crippen LogP contribution in [0.5, 0.6) is 0 Å². The first-order chi connectivity index (χ1) is 13.0. The minimum absolute atomic E-state index is 0.280. The first kappa shape index (κ1) is 18.3. The first-order valence-corrected chi connectivity index (χ1v) is 10.4. The first-order valence-electron chi connectivity index (χ1n) is 9.13. The van der Waals surface area contributed by atoms with E-state index in [1.165, 1.54) is 16.2 Å². The van der Waals surface area contributed by atoms with E-state index in [0.717, 1.165) is 24.4 Å². The van der Waals surface area contributed by atoms with Gasteiger partial charge in [0.25, 0.3) is 11.8 Å². The molecule has 0 radical (unpaired) electrons. The SMILES string of the molecule is CC1CC(C)CN(C2=C(c3cccs3)C(=O)N(c3ccccc3Cl)C2=O)C1. The van der Waals surface area contributed by atoms with Crippen LogP contribution in [-0.2, 0) is 9.59 Å². The quantitative estimate of drug-likeness (QED) is 0.703. The number of anilines is 1. The largest absolute Gasteiger partial charge is 0.366 e. The lowest BCUT2D eigenvalue weighted by molar-refractivity contribution is -0.120. The van der Waals surface area contributed by atoms with Crippen molar-refractivity contribution in [2.24, 2.45) is 11.8 Å². The molecule has 1 fully saturated rings. The number of carbonyl (C=O) groups excluding carboxylic acids is 2. The summed E-state index contributed by atoms with van der Waals surface area (Å²) in [6.45, 7) is 5.95. The Hall–Kier alpha value is -2.11. The van der Waals surface area contributed by atoms with Gasteiger partial charge < -0.3 is 4.90 Å². The number of imide groups is 1. The zero-order valence-corrected chi connectivity index (χ0v) is 16.9. The van der Waals surface area contributed by atoms with Gasteiger partial charge in [0.1, 0.15) is 5.70 Å². The normalized spacial score (nSPS) is 23.5. The standard InChI is InChI=1S/C21H21ClN2O2S/c1-13-10-14(2)12-23(11-13)19-18(17-8-5-9-27-17)20(25)24(21(19)26)16-7-4-3-6-15(16)22/h3-9,13-14H,10-12H2,1-2H3. The molecule has 0 spiro atoms. The summed E-state index contributed by atoms with van der Waals surface area (Å²) in [5, 5.41) is 2.32. The lowest BCUT2D eigenvalue weighted by Crippen LogP contribution is -2.42. The second-order valence-corrected chi connectivity index (χ2v) is 8.80. The van der Waals surface area contributed by atoms with Gasteiger partial charge in [-0.15, -0.1) is 11.3 Å². The highest BCUT2D eigenvalue weighted by molar-refractivity contribution is 7.11. The summed E-state index contributed by atoms with van der Waals surface area (Å²) in [6.07, 6.45) is 1.13. The number of likely N-dealkylation sites (tertiary alicyclic amines) is 1. The molecule has 1 aromatic heterocycles. The van der Waals surface area contributed by atoms with E-state index in [2.05, 4.69) is 18.7 Å². The maximum Gasteiger partial charge on any atom is 0.282 e. The average Bonchev–Trinajstić information content (AvgIpc) is 3.21. The van der Waals surface area contributed by atoms with Gasteiger partial charge in [-0.25, -0.2) is 4.90 Å². The smallest absolute Gasteiger partial charge is 0.282 e. The molecular weight excluding hydrogens is 380 g/mol. The van der Waals surface area contributed by atoms with Gasteiger partial charge >= 0.3 is 0 Å². The summed E-state index contributed by atoms with van der Waals surface area (Å²) in [4.78, 5) is 30.9. The van der Waals surface area contributed by atoms with E-state index in [1.54, 1.807) is 24.3 Å². The number of hydrogen-bond acceptors (Lipinski definition) is 4. The van der Waals surface area contributed by atoms with Crippen LogP contribution in [-0.4, -0.2) is 29.8 Å². The molecule has 140 valence electrons. The van der Waals surface area contributed by atoms with Crippen molar-refractivity contribution in [1.82, 2.24) is 4.90 Å². The summed E-state index contributed by atoms with van der Waals surface area (Å²) in [7, 11) is 0. The van der Waals surface area contributed by atoms with Crippen molar-refractivity contribution in [3.05, 3.63) is 57.4 Å². The molecule has 4 rings (SSSR count). The molecule has 0 bridgehead atoms. The van der Waals surface area contributed by atoms with Crippen LogP contribution >= 0.6 is 22.9 Å². The van der Waals surface area contributed by atoms with E-state index in [-0.39, 0.29) is 11.8 Å². The zero-order valence-electron chi connectivity index (χ0n) is 15.3. The lowest BCUT2D eigenvalue weighted by atomic mass is 9.91. The van der Waals surface area contributed by atoms with Gasteiger partial charge in [-0.3, -0.25) is 9.59 Å². The molecule has 3 heterocycles. The van der Waals surface area contributed by atoms with Crippen LogP contribution in [0.15, 0.2) is 47.5 Å². The molecule has 4 nitrogen and oxygen atoms in total. The van der Waals surface area contributed by atoms with Gasteiger partial charge in [-0.1, -0.05) is 43.6 Å². The van der Waals surface area contributed by atoms with E-state index < -0.39 is 0 Å². The predicted molar refractivity (Wildman–Crippen MR) is 110 cm³/mol. The third-order valence-electron chi connectivity index (χ3n) is 5.11. The van der Waals surface area contributed by atoms with Crippen LogP contribution in [0.1, 0.15) is 25.1 Å². The number of amides is 2. The number of hydrogen-bond donors (Lipinski definition) is 0. The van der Waals surface area contributed by atoms with Crippen molar-refractivity contribution in [3.63, 3.8) is 0 Å². The molecule has 27 heavy (non-hydrogen) atoms. The molecule has 2 unspecified atom stereocenters. The third kappa shape index (κ3) is 3.19. The summed E-state index contributed by atoms with van der Waals surface area (Å²) < 4.78 is 0. The van der Waals surface area contributed by atoms with Crippen LogP contribution in [0.4, 0.5) is 5.69 Å². The van der Waals surface area contributed by atoms with E-state index in [9.17, 15) is 9.59 Å². The molecule has 1 saturated heterocycles. The molecule has 2 atom stereocenters. The fourth-order valence-corrected chi connectivity index (χ4v) is 5.13. The Morgan fingerprint density at radius 3 is 2.33 bits per heavy atom. The van der Waals surface area contributed by atoms with Crippen molar-refractivity contribution in [3.8, 4) is 0 Å². The summed E-state index contributed by atoms with van der Waals surface area (Å²) in [5.41, 5.74) is 1.45. The Morgan fingerprint density at radius 1 is 1.00 bits per heavy atom. The molecule has 0 N–H and O–H groups in total. The maximum atomic E-state index is 13.4. The Labute approximate surface area is 168 Å². The van der Waals surface area contributed by atoms with E-state index in [4.69, 9.17) is 11.6 Å². The molecule has 0 saturated carbocycles. The topological polar surface area (TPSA) is 40.6 Å². The van der Waals surface area contributed by atoms with Gasteiger partial charge in [0, 0.05) is 18.0 Å². The van der Waals surface area contributed by atoms with Crippen molar-refractivity contribution < 1.29 is 9.59 Å². The van der Waals surface area contributed by atoms with Crippen LogP contribution in [0.25, 0.3) is 5.57 Å². The van der Waals surface area contributed by atoms with Gasteiger partial charge in [0.15, 0.2) is 0 Å². The highest BCUT2D eigenvalue weighted by Crippen LogP contribution is 2.40. The van der Waals surface area contributed by atoms with Crippen molar-refractivity contribution in [2.45, 2.75) is 20.3 Å². The monoisotopic (exact) mass is 400 g/mol. The van der Waals surface area contributed by atoms with Crippen LogP contribution < -0.4 is 4.90 Å². The van der Waals surface area contributed by atoms with Crippen molar-refractivity contribution >= 4 is 46.0 Å². The molecule has 2 aromatic rings. The van der Waals surface area contributed by atoms with Crippen molar-refractivity contribution in [1.29, 1.82) is 0 Å². The van der Waals surface area contributed by atoms with E-state index in [1.807, 2.05) is 17.5 Å². The minimum Gasteiger partial charge on any atom is -0.366 e. The number of para-hydroxylation sites is 1. The summed E-state index contributed by atoms with van der Waals surface area (Å²) in [5.74, 6) is 0.375. The number of piperidine rings is 1. The summed E-state index contributed by atoms with van der Waals surface area (Å²) in [6, 6.07) is 10.8. The maximum absolute atomic E-state index is 13.4. The highest BCUT2D eigenvalue weighted by Gasteiger charge is 2.44. The van der Waals surface area contributed by atoms with Gasteiger partial charge in [-0.05, 0) is 41.8 Å². The minimum atomic E-state index is -0.295. The fourth-order valence-electron chi connectivity index (χ4n) is 4.15. The molecule has 1 aromatic carbocycles. The second-order valence-electron chi connectivity index (χ2n) is 7.45. The molecule has 2 aliphatic rings. The predicted octanol–water partition coefficient (Wildman–Crippen LogP) is 4.66. The lowest BCUT2D eigenvalue weighted by Gasteiger charge is -2.37. The van der Waals surface area contributed by atoms with E-state index >= 15 is 0 Å².